The number of carbonyl (C=O) groups is 1. The lowest BCUT2D eigenvalue weighted by Gasteiger charge is -2.33. The Morgan fingerprint density at radius 3 is 2.30 bits per heavy atom. The molecule has 4 heteroatoms. The number of nitrogens with zero attached hydrogens (tertiary/aromatic N) is 2. The largest absolute Gasteiger partial charge is 0.444 e. The van der Waals surface area contributed by atoms with Crippen molar-refractivity contribution in [2.75, 3.05) is 26.2 Å². The summed E-state index contributed by atoms with van der Waals surface area (Å²) in [4.78, 5) is 16.6. The van der Waals surface area contributed by atoms with Gasteiger partial charge in [0.25, 0.3) is 0 Å². The minimum Gasteiger partial charge on any atom is -0.444 e. The Kier molecular flexibility index (Phi) is 5.30. The Labute approximate surface area is 123 Å². The predicted octanol–water partition coefficient (Wildman–Crippen LogP) is 3.26. The normalized spacial score (nSPS) is 23.4. The molecule has 2 aliphatic rings. The monoisotopic (exact) mass is 282 g/mol. The molecule has 0 spiro atoms. The van der Waals surface area contributed by atoms with E-state index in [2.05, 4.69) is 4.90 Å². The number of hydrogen-bond acceptors (Lipinski definition) is 3. The topological polar surface area (TPSA) is 32.8 Å². The van der Waals surface area contributed by atoms with Crippen LogP contribution in [0.4, 0.5) is 4.79 Å². The van der Waals surface area contributed by atoms with Crippen LogP contribution in [0.25, 0.3) is 0 Å². The molecule has 0 radical (unpaired) electrons. The first-order valence-electron chi connectivity index (χ1n) is 8.18. The summed E-state index contributed by atoms with van der Waals surface area (Å²) in [7, 11) is 0. The summed E-state index contributed by atoms with van der Waals surface area (Å²) >= 11 is 0. The second-order valence-corrected chi connectivity index (χ2v) is 7.15. The second-order valence-electron chi connectivity index (χ2n) is 7.15. The molecule has 2 fully saturated rings. The number of amides is 1. The molecule has 2 rings (SSSR count). The number of carbonyl (C=O) groups excluding carboxylic acids is 1. The van der Waals surface area contributed by atoms with E-state index in [-0.39, 0.29) is 6.09 Å². The lowest BCUT2D eigenvalue weighted by atomic mass is 9.94. The third-order valence-corrected chi connectivity index (χ3v) is 4.27. The van der Waals surface area contributed by atoms with E-state index in [9.17, 15) is 4.79 Å². The Morgan fingerprint density at radius 2 is 1.65 bits per heavy atom. The van der Waals surface area contributed by atoms with Crippen molar-refractivity contribution in [2.45, 2.75) is 70.9 Å². The molecule has 1 saturated heterocycles. The Morgan fingerprint density at radius 1 is 0.950 bits per heavy atom. The predicted molar refractivity (Wildman–Crippen MR) is 80.9 cm³/mol. The zero-order chi connectivity index (χ0) is 14.6. The minimum atomic E-state index is -0.396. The second kappa shape index (κ2) is 6.79. The molecule has 0 atom stereocenters. The molecule has 20 heavy (non-hydrogen) atoms. The maximum Gasteiger partial charge on any atom is 0.410 e. The van der Waals surface area contributed by atoms with Crippen LogP contribution in [-0.4, -0.2) is 53.7 Å². The smallest absolute Gasteiger partial charge is 0.410 e. The third kappa shape index (κ3) is 4.65. The van der Waals surface area contributed by atoms with Crippen LogP contribution in [0.5, 0.6) is 0 Å². The van der Waals surface area contributed by atoms with Crippen molar-refractivity contribution in [3.05, 3.63) is 0 Å². The SMILES string of the molecule is CC(C)(C)OC(=O)N1CCCN(C2CCCCC2)CC1. The van der Waals surface area contributed by atoms with Crippen LogP contribution in [0.1, 0.15) is 59.3 Å². The van der Waals surface area contributed by atoms with E-state index < -0.39 is 5.60 Å². The molecular weight excluding hydrogens is 252 g/mol. The molecule has 0 bridgehead atoms. The summed E-state index contributed by atoms with van der Waals surface area (Å²) in [5, 5.41) is 0. The highest BCUT2D eigenvalue weighted by atomic mass is 16.6. The highest BCUT2D eigenvalue weighted by Crippen LogP contribution is 2.23. The molecule has 0 unspecified atom stereocenters. The van der Waals surface area contributed by atoms with Gasteiger partial charge in [0.2, 0.25) is 0 Å². The standard InChI is InChI=1S/C16H30N2O2/c1-16(2,3)20-15(19)18-11-7-10-17(12-13-18)14-8-5-4-6-9-14/h14H,4-13H2,1-3H3. The van der Waals surface area contributed by atoms with Crippen molar-refractivity contribution in [2.24, 2.45) is 0 Å². The summed E-state index contributed by atoms with van der Waals surface area (Å²) in [6.07, 6.45) is 7.74. The van der Waals surface area contributed by atoms with Crippen molar-refractivity contribution in [3.8, 4) is 0 Å². The van der Waals surface area contributed by atoms with E-state index in [1.54, 1.807) is 0 Å². The van der Waals surface area contributed by atoms with Gasteiger partial charge >= 0.3 is 6.09 Å². The van der Waals surface area contributed by atoms with Crippen molar-refractivity contribution in [1.29, 1.82) is 0 Å². The van der Waals surface area contributed by atoms with Gasteiger partial charge in [-0.2, -0.15) is 0 Å². The zero-order valence-electron chi connectivity index (χ0n) is 13.4. The quantitative estimate of drug-likeness (QED) is 0.740. The molecule has 0 N–H and O–H groups in total. The first-order chi connectivity index (χ1) is 9.46. The van der Waals surface area contributed by atoms with Crippen molar-refractivity contribution < 1.29 is 9.53 Å². The van der Waals surface area contributed by atoms with Crippen LogP contribution in [0.15, 0.2) is 0 Å². The fourth-order valence-electron chi connectivity index (χ4n) is 3.26. The van der Waals surface area contributed by atoms with Crippen molar-refractivity contribution >= 4 is 6.09 Å². The molecule has 1 heterocycles. The van der Waals surface area contributed by atoms with Gasteiger partial charge in [-0.1, -0.05) is 19.3 Å². The minimum absolute atomic E-state index is 0.150. The van der Waals surface area contributed by atoms with Gasteiger partial charge in [0.05, 0.1) is 0 Å². The van der Waals surface area contributed by atoms with E-state index >= 15 is 0 Å². The van der Waals surface area contributed by atoms with Gasteiger partial charge in [-0.25, -0.2) is 4.79 Å². The van der Waals surface area contributed by atoms with E-state index in [4.69, 9.17) is 4.74 Å². The third-order valence-electron chi connectivity index (χ3n) is 4.27. The Balaban J connectivity index is 1.83. The van der Waals surface area contributed by atoms with Gasteiger partial charge in [0.1, 0.15) is 5.60 Å². The van der Waals surface area contributed by atoms with E-state index in [0.29, 0.717) is 0 Å². The molecule has 0 aromatic heterocycles. The Hall–Kier alpha value is -0.770. The highest BCUT2D eigenvalue weighted by molar-refractivity contribution is 5.68. The zero-order valence-corrected chi connectivity index (χ0v) is 13.4. The van der Waals surface area contributed by atoms with Gasteiger partial charge in [-0.05, 0) is 40.0 Å². The summed E-state index contributed by atoms with van der Waals surface area (Å²) in [6.45, 7) is 9.56. The molecule has 116 valence electrons. The number of rotatable bonds is 1. The van der Waals surface area contributed by atoms with E-state index in [1.165, 1.54) is 32.1 Å². The van der Waals surface area contributed by atoms with E-state index in [0.717, 1.165) is 38.6 Å². The van der Waals surface area contributed by atoms with Crippen LogP contribution >= 0.6 is 0 Å². The molecule has 0 aromatic rings. The molecule has 1 aliphatic heterocycles. The van der Waals surface area contributed by atoms with Gasteiger partial charge in [0, 0.05) is 32.2 Å². The summed E-state index contributed by atoms with van der Waals surface area (Å²) in [5.41, 5.74) is -0.396. The maximum atomic E-state index is 12.1. The average molecular weight is 282 g/mol. The molecule has 4 nitrogen and oxygen atoms in total. The van der Waals surface area contributed by atoms with Crippen molar-refractivity contribution in [1.82, 2.24) is 9.80 Å². The summed E-state index contributed by atoms with van der Waals surface area (Å²) < 4.78 is 5.48. The fourth-order valence-corrected chi connectivity index (χ4v) is 3.26. The molecule has 1 aliphatic carbocycles. The van der Waals surface area contributed by atoms with Crippen LogP contribution < -0.4 is 0 Å². The molecule has 1 amide bonds. The molecular formula is C16H30N2O2. The fraction of sp³-hybridized carbons (Fsp3) is 0.938. The number of ether oxygens (including phenoxy) is 1. The van der Waals surface area contributed by atoms with Crippen LogP contribution in [0.2, 0.25) is 0 Å². The van der Waals surface area contributed by atoms with Gasteiger partial charge in [-0.3, -0.25) is 4.90 Å². The first-order valence-corrected chi connectivity index (χ1v) is 8.18. The molecule has 0 aromatic carbocycles. The number of hydrogen-bond donors (Lipinski definition) is 0. The van der Waals surface area contributed by atoms with Gasteiger partial charge < -0.3 is 9.64 Å². The highest BCUT2D eigenvalue weighted by Gasteiger charge is 2.27. The Bertz CT molecular complexity index is 319. The molecule has 1 saturated carbocycles. The van der Waals surface area contributed by atoms with Gasteiger partial charge in [-0.15, -0.1) is 0 Å². The lowest BCUT2D eigenvalue weighted by Crippen LogP contribution is -2.41. The van der Waals surface area contributed by atoms with Gasteiger partial charge in [0.15, 0.2) is 0 Å². The first kappa shape index (κ1) is 15.6. The average Bonchev–Trinajstić information content (AvgIpc) is 2.63. The van der Waals surface area contributed by atoms with E-state index in [1.807, 2.05) is 25.7 Å². The van der Waals surface area contributed by atoms with Crippen LogP contribution in [-0.2, 0) is 4.74 Å². The van der Waals surface area contributed by atoms with Crippen LogP contribution in [0, 0.1) is 0 Å². The van der Waals surface area contributed by atoms with Crippen LogP contribution in [0.3, 0.4) is 0 Å². The maximum absolute atomic E-state index is 12.1. The van der Waals surface area contributed by atoms with Crippen molar-refractivity contribution in [3.63, 3.8) is 0 Å². The lowest BCUT2D eigenvalue weighted by molar-refractivity contribution is 0.0253. The summed E-state index contributed by atoms with van der Waals surface area (Å²) in [5.74, 6) is 0. The summed E-state index contributed by atoms with van der Waals surface area (Å²) in [6, 6.07) is 0.752.